The molecule has 7 nitrogen and oxygen atoms in total. The number of methoxy groups -OCH3 is 1. The van der Waals surface area contributed by atoms with Crippen molar-refractivity contribution in [2.45, 2.75) is 19.4 Å². The average molecular weight is 435 g/mol. The van der Waals surface area contributed by atoms with Crippen molar-refractivity contribution in [1.82, 2.24) is 4.90 Å². The molecule has 0 fully saturated rings. The fourth-order valence-corrected chi connectivity index (χ4v) is 4.07. The van der Waals surface area contributed by atoms with Crippen molar-refractivity contribution in [3.05, 3.63) is 81.7 Å². The first-order valence-corrected chi connectivity index (χ1v) is 10.4. The minimum absolute atomic E-state index is 0.0419. The van der Waals surface area contributed by atoms with E-state index in [-0.39, 0.29) is 30.2 Å². The highest BCUT2D eigenvalue weighted by molar-refractivity contribution is 5.99. The van der Waals surface area contributed by atoms with Crippen LogP contribution >= 0.6 is 0 Å². The molecular weight excluding hydrogens is 410 g/mol. The smallest absolute Gasteiger partial charge is 0.290 e. The highest BCUT2D eigenvalue weighted by Crippen LogP contribution is 2.41. The van der Waals surface area contributed by atoms with Gasteiger partial charge < -0.3 is 23.9 Å². The van der Waals surface area contributed by atoms with Crippen molar-refractivity contribution in [3.63, 3.8) is 0 Å². The Balaban J connectivity index is 1.91. The van der Waals surface area contributed by atoms with Gasteiger partial charge in [0, 0.05) is 13.2 Å². The Morgan fingerprint density at radius 1 is 1.19 bits per heavy atom. The van der Waals surface area contributed by atoms with Crippen LogP contribution in [0.1, 0.15) is 39.7 Å². The predicted octanol–water partition coefficient (Wildman–Crippen LogP) is 3.60. The summed E-state index contributed by atoms with van der Waals surface area (Å²) in [6.45, 7) is 6.06. The zero-order chi connectivity index (χ0) is 22.8. The van der Waals surface area contributed by atoms with Gasteiger partial charge in [-0.05, 0) is 43.2 Å². The molecule has 1 atom stereocenters. The molecule has 2 aromatic carbocycles. The van der Waals surface area contributed by atoms with Crippen LogP contribution in [0.5, 0.6) is 11.5 Å². The Morgan fingerprint density at radius 2 is 2.00 bits per heavy atom. The van der Waals surface area contributed by atoms with Gasteiger partial charge in [0.1, 0.15) is 12.2 Å². The van der Waals surface area contributed by atoms with Crippen LogP contribution in [0.25, 0.3) is 11.0 Å². The number of aliphatic hydroxyl groups is 1. The van der Waals surface area contributed by atoms with E-state index >= 15 is 0 Å². The molecule has 0 unspecified atom stereocenters. The van der Waals surface area contributed by atoms with Crippen LogP contribution in [0.15, 0.2) is 58.3 Å². The van der Waals surface area contributed by atoms with Gasteiger partial charge in [-0.2, -0.15) is 0 Å². The summed E-state index contributed by atoms with van der Waals surface area (Å²) < 4.78 is 17.0. The lowest BCUT2D eigenvalue weighted by molar-refractivity contribution is 0.0716. The number of aryl methyl sites for hydroxylation is 1. The molecule has 0 bridgehead atoms. The quantitative estimate of drug-likeness (QED) is 0.544. The number of benzene rings is 2. The molecule has 3 aromatic rings. The Bertz CT molecular complexity index is 1250. The van der Waals surface area contributed by atoms with Crippen molar-refractivity contribution in [3.8, 4) is 11.5 Å². The summed E-state index contributed by atoms with van der Waals surface area (Å²) in [7, 11) is 1.53. The maximum Gasteiger partial charge on any atom is 0.290 e. The average Bonchev–Trinajstić information content (AvgIpc) is 3.08. The second-order valence-corrected chi connectivity index (χ2v) is 7.66. The van der Waals surface area contributed by atoms with Crippen molar-refractivity contribution in [2.75, 3.05) is 26.9 Å². The normalized spacial score (nSPS) is 15.2. The molecule has 0 saturated carbocycles. The van der Waals surface area contributed by atoms with Crippen molar-refractivity contribution in [2.24, 2.45) is 0 Å². The molecule has 0 radical (unpaired) electrons. The summed E-state index contributed by atoms with van der Waals surface area (Å²) in [4.78, 5) is 28.4. The summed E-state index contributed by atoms with van der Waals surface area (Å²) in [5.74, 6) is 0.682. The highest BCUT2D eigenvalue weighted by Gasteiger charge is 2.42. The van der Waals surface area contributed by atoms with Crippen LogP contribution in [-0.4, -0.2) is 42.8 Å². The largest absolute Gasteiger partial charge is 0.493 e. The number of nitrogens with zero attached hydrogens (tertiary/aromatic N) is 1. The highest BCUT2D eigenvalue weighted by atomic mass is 16.5. The molecule has 0 spiro atoms. The van der Waals surface area contributed by atoms with E-state index in [1.54, 1.807) is 41.3 Å². The predicted molar refractivity (Wildman–Crippen MR) is 120 cm³/mol. The van der Waals surface area contributed by atoms with Crippen molar-refractivity contribution >= 4 is 16.9 Å². The van der Waals surface area contributed by atoms with Gasteiger partial charge in [-0.3, -0.25) is 9.59 Å². The third-order valence-electron chi connectivity index (χ3n) is 5.54. The zero-order valence-electron chi connectivity index (χ0n) is 18.1. The van der Waals surface area contributed by atoms with Gasteiger partial charge in [0.2, 0.25) is 5.76 Å². The summed E-state index contributed by atoms with van der Waals surface area (Å²) in [6.07, 6.45) is 2.01. The Labute approximate surface area is 185 Å². The molecule has 32 heavy (non-hydrogen) atoms. The lowest BCUT2D eigenvalue weighted by Crippen LogP contribution is -2.31. The van der Waals surface area contributed by atoms with Crippen LogP contribution in [0.4, 0.5) is 0 Å². The number of fused-ring (bicyclic) bond motifs is 2. The lowest BCUT2D eigenvalue weighted by atomic mass is 9.97. The van der Waals surface area contributed by atoms with E-state index in [0.29, 0.717) is 46.6 Å². The molecule has 4 rings (SSSR count). The van der Waals surface area contributed by atoms with E-state index in [9.17, 15) is 14.7 Å². The van der Waals surface area contributed by atoms with Gasteiger partial charge in [-0.25, -0.2) is 0 Å². The minimum atomic E-state index is -0.660. The standard InChI is InChI=1S/C25H25NO6/c1-4-12-31-19-9-7-16(14-20(19)30-3)22-21-23(28)17-13-15(2)6-8-18(17)32-24(21)25(29)26(22)10-5-11-27/h4,6-9,13-14,22,27H,1,5,10-12H2,2-3H3/t22-/m1/s1. The number of carbonyl (C=O) groups is 1. The van der Waals surface area contributed by atoms with E-state index in [2.05, 4.69) is 6.58 Å². The molecule has 1 aliphatic rings. The zero-order valence-corrected chi connectivity index (χ0v) is 18.1. The Hall–Kier alpha value is -3.58. The number of amides is 1. The van der Waals surface area contributed by atoms with Crippen LogP contribution in [0.3, 0.4) is 0 Å². The molecule has 1 aliphatic heterocycles. The first-order valence-electron chi connectivity index (χ1n) is 10.4. The third-order valence-corrected chi connectivity index (χ3v) is 5.54. The van der Waals surface area contributed by atoms with E-state index in [1.807, 2.05) is 13.0 Å². The molecule has 0 saturated heterocycles. The SMILES string of the molecule is C=CCOc1ccc([C@@H]2c3c(oc4ccc(C)cc4c3=O)C(=O)N2CCCO)cc1OC. The summed E-state index contributed by atoms with van der Waals surface area (Å²) in [5.41, 5.74) is 2.06. The molecule has 7 heteroatoms. The van der Waals surface area contributed by atoms with Crippen LogP contribution < -0.4 is 14.9 Å². The first-order chi connectivity index (χ1) is 15.5. The molecular formula is C25H25NO6. The minimum Gasteiger partial charge on any atom is -0.493 e. The summed E-state index contributed by atoms with van der Waals surface area (Å²) in [6, 6.07) is 9.97. The monoisotopic (exact) mass is 435 g/mol. The molecule has 0 aliphatic carbocycles. The Morgan fingerprint density at radius 3 is 2.72 bits per heavy atom. The fourth-order valence-electron chi connectivity index (χ4n) is 4.07. The van der Waals surface area contributed by atoms with E-state index in [0.717, 1.165) is 5.56 Å². The summed E-state index contributed by atoms with van der Waals surface area (Å²) >= 11 is 0. The summed E-state index contributed by atoms with van der Waals surface area (Å²) in [5, 5.41) is 9.79. The topological polar surface area (TPSA) is 89.2 Å². The van der Waals surface area contributed by atoms with Gasteiger partial charge in [-0.15, -0.1) is 0 Å². The molecule has 2 heterocycles. The molecule has 1 N–H and O–H groups in total. The number of ether oxygens (including phenoxy) is 2. The molecule has 1 aromatic heterocycles. The Kier molecular flexibility index (Phi) is 6.01. The van der Waals surface area contributed by atoms with Crippen LogP contribution in [0.2, 0.25) is 0 Å². The van der Waals surface area contributed by atoms with Crippen LogP contribution in [-0.2, 0) is 0 Å². The van der Waals surface area contributed by atoms with E-state index < -0.39 is 6.04 Å². The second kappa shape index (κ2) is 8.88. The van der Waals surface area contributed by atoms with E-state index in [4.69, 9.17) is 13.9 Å². The van der Waals surface area contributed by atoms with Gasteiger partial charge in [0.25, 0.3) is 5.91 Å². The maximum atomic E-state index is 13.5. The van der Waals surface area contributed by atoms with E-state index in [1.165, 1.54) is 7.11 Å². The van der Waals surface area contributed by atoms with Gasteiger partial charge in [-0.1, -0.05) is 30.4 Å². The first kappa shape index (κ1) is 21.6. The number of carbonyl (C=O) groups excluding carboxylic acids is 1. The van der Waals surface area contributed by atoms with Crippen molar-refractivity contribution in [1.29, 1.82) is 0 Å². The number of hydrogen-bond acceptors (Lipinski definition) is 6. The van der Waals surface area contributed by atoms with Gasteiger partial charge >= 0.3 is 0 Å². The molecule has 1 amide bonds. The third kappa shape index (κ3) is 3.65. The number of aliphatic hydroxyl groups excluding tert-OH is 1. The maximum absolute atomic E-state index is 13.5. The van der Waals surface area contributed by atoms with Gasteiger partial charge in [0.05, 0.1) is 24.1 Å². The van der Waals surface area contributed by atoms with Gasteiger partial charge in [0.15, 0.2) is 16.9 Å². The second-order valence-electron chi connectivity index (χ2n) is 7.66. The number of rotatable bonds is 8. The lowest BCUT2D eigenvalue weighted by Gasteiger charge is -2.25. The molecule has 166 valence electrons. The van der Waals surface area contributed by atoms with Crippen LogP contribution in [0, 0.1) is 6.92 Å². The van der Waals surface area contributed by atoms with Crippen molar-refractivity contribution < 1.29 is 23.8 Å². The number of hydrogen-bond donors (Lipinski definition) is 1. The fraction of sp³-hybridized carbons (Fsp3) is 0.280.